The van der Waals surface area contributed by atoms with Gasteiger partial charge in [0.2, 0.25) is 5.91 Å². The Labute approximate surface area is 127 Å². The molecule has 2 rings (SSSR count). The number of carbonyl (C=O) groups excluding carboxylic acids is 1. The maximum Gasteiger partial charge on any atom is 0.217 e. The van der Waals surface area contributed by atoms with Gasteiger partial charge < -0.3 is 16.0 Å². The highest BCUT2D eigenvalue weighted by Gasteiger charge is 2.31. The first-order valence-electron chi connectivity index (χ1n) is 6.28. The van der Waals surface area contributed by atoms with E-state index in [1.54, 1.807) is 0 Å². The highest BCUT2D eigenvalue weighted by atomic mass is 32.2. The van der Waals surface area contributed by atoms with Crippen LogP contribution in [0.4, 0.5) is 10.7 Å². The third-order valence-electron chi connectivity index (χ3n) is 3.24. The number of nitrogens with one attached hydrogen (secondary N) is 1. The summed E-state index contributed by atoms with van der Waals surface area (Å²) in [6.07, 6.45) is 1.81. The Kier molecular flexibility index (Phi) is 4.11. The number of amides is 1. The van der Waals surface area contributed by atoms with E-state index in [-0.39, 0.29) is 27.4 Å². The van der Waals surface area contributed by atoms with Crippen LogP contribution in [-0.2, 0) is 14.6 Å². The lowest BCUT2D eigenvalue weighted by Gasteiger charge is -2.18. The van der Waals surface area contributed by atoms with Gasteiger partial charge in [-0.2, -0.15) is 5.26 Å². The average Bonchev–Trinajstić information content (AvgIpc) is 2.91. The van der Waals surface area contributed by atoms with Crippen molar-refractivity contribution in [2.24, 2.45) is 0 Å². The molecule has 1 fully saturated rings. The van der Waals surface area contributed by atoms with Gasteiger partial charge in [-0.15, -0.1) is 11.3 Å². The Balaban J connectivity index is 2.38. The summed E-state index contributed by atoms with van der Waals surface area (Å²) in [5.74, 6) is -0.117. The molecule has 2 heterocycles. The third kappa shape index (κ3) is 3.11. The Morgan fingerprint density at radius 1 is 1.57 bits per heavy atom. The molecule has 1 atom stereocenters. The Hall–Kier alpha value is -1.79. The minimum atomic E-state index is -3.53. The van der Waals surface area contributed by atoms with Crippen molar-refractivity contribution < 1.29 is 13.2 Å². The van der Waals surface area contributed by atoms with Crippen molar-refractivity contribution in [1.29, 1.82) is 5.26 Å². The van der Waals surface area contributed by atoms with E-state index in [1.165, 1.54) is 6.92 Å². The molecule has 1 aliphatic heterocycles. The molecule has 9 heteroatoms. The summed E-state index contributed by atoms with van der Waals surface area (Å²) in [4.78, 5) is 13.2. The van der Waals surface area contributed by atoms with Crippen molar-refractivity contribution in [3.05, 3.63) is 4.88 Å². The molecule has 0 radical (unpaired) electrons. The van der Waals surface area contributed by atoms with Crippen LogP contribution < -0.4 is 16.0 Å². The molecule has 21 heavy (non-hydrogen) atoms. The van der Waals surface area contributed by atoms with Gasteiger partial charge in [-0.05, 0) is 6.42 Å². The fourth-order valence-electron chi connectivity index (χ4n) is 2.42. The van der Waals surface area contributed by atoms with Gasteiger partial charge in [0.15, 0.2) is 9.84 Å². The summed E-state index contributed by atoms with van der Waals surface area (Å²) >= 11 is 1.08. The number of carbonyl (C=O) groups is 1. The van der Waals surface area contributed by atoms with Crippen LogP contribution in [0.3, 0.4) is 0 Å². The largest absolute Gasteiger partial charge is 0.396 e. The predicted molar refractivity (Wildman–Crippen MR) is 81.0 cm³/mol. The SMILES string of the molecule is CC(=O)NC1CCN(c2sc(C#N)c(N)c2S(C)(=O)=O)C1. The summed E-state index contributed by atoms with van der Waals surface area (Å²) in [6.45, 7) is 2.56. The molecule has 1 saturated heterocycles. The minimum absolute atomic E-state index is 0.0166. The molecule has 1 amide bonds. The standard InChI is InChI=1S/C12H16N4O3S2/c1-7(17)15-8-3-4-16(6-8)12-11(21(2,18)19)10(14)9(5-13)20-12/h8H,3-4,6,14H2,1-2H3,(H,15,17). The van der Waals surface area contributed by atoms with E-state index >= 15 is 0 Å². The molecule has 1 aromatic rings. The van der Waals surface area contributed by atoms with E-state index in [0.717, 1.165) is 24.0 Å². The van der Waals surface area contributed by atoms with Crippen LogP contribution in [-0.4, -0.2) is 39.7 Å². The average molecular weight is 328 g/mol. The van der Waals surface area contributed by atoms with E-state index in [9.17, 15) is 13.2 Å². The lowest BCUT2D eigenvalue weighted by molar-refractivity contribution is -0.119. The molecule has 0 saturated carbocycles. The third-order valence-corrected chi connectivity index (χ3v) is 5.69. The fraction of sp³-hybridized carbons (Fsp3) is 0.500. The van der Waals surface area contributed by atoms with E-state index < -0.39 is 9.84 Å². The second-order valence-electron chi connectivity index (χ2n) is 5.00. The minimum Gasteiger partial charge on any atom is -0.396 e. The zero-order valence-electron chi connectivity index (χ0n) is 11.7. The van der Waals surface area contributed by atoms with Crippen LogP contribution in [0, 0.1) is 11.3 Å². The molecule has 1 aliphatic rings. The molecule has 0 bridgehead atoms. The Bertz CT molecular complexity index is 718. The van der Waals surface area contributed by atoms with Crippen LogP contribution in [0.5, 0.6) is 0 Å². The maximum absolute atomic E-state index is 11.9. The number of hydrogen-bond donors (Lipinski definition) is 2. The summed E-state index contributed by atoms with van der Waals surface area (Å²) in [5.41, 5.74) is 5.81. The zero-order chi connectivity index (χ0) is 15.8. The normalized spacial score (nSPS) is 18.5. The number of nitrogens with zero attached hydrogens (tertiary/aromatic N) is 2. The number of nitriles is 1. The number of nitrogens with two attached hydrogens (primary N) is 1. The molecule has 1 aromatic heterocycles. The van der Waals surface area contributed by atoms with E-state index in [1.807, 2.05) is 11.0 Å². The zero-order valence-corrected chi connectivity index (χ0v) is 13.3. The maximum atomic E-state index is 11.9. The van der Waals surface area contributed by atoms with Gasteiger partial charge in [-0.1, -0.05) is 0 Å². The number of thiophene rings is 1. The van der Waals surface area contributed by atoms with Crippen molar-refractivity contribution in [2.75, 3.05) is 30.0 Å². The number of sulfone groups is 1. The van der Waals surface area contributed by atoms with Gasteiger partial charge in [0.25, 0.3) is 0 Å². The molecule has 0 aliphatic carbocycles. The second kappa shape index (κ2) is 5.54. The second-order valence-corrected chi connectivity index (χ2v) is 7.95. The van der Waals surface area contributed by atoms with Gasteiger partial charge in [0.05, 0.1) is 5.69 Å². The molecular weight excluding hydrogens is 312 g/mol. The molecular formula is C12H16N4O3S2. The molecule has 0 spiro atoms. The topological polar surface area (TPSA) is 116 Å². The monoisotopic (exact) mass is 328 g/mol. The van der Waals surface area contributed by atoms with Crippen LogP contribution in [0.15, 0.2) is 4.90 Å². The van der Waals surface area contributed by atoms with E-state index in [4.69, 9.17) is 11.0 Å². The van der Waals surface area contributed by atoms with Crippen LogP contribution in [0.25, 0.3) is 0 Å². The van der Waals surface area contributed by atoms with E-state index in [0.29, 0.717) is 18.1 Å². The fourth-order valence-corrected chi connectivity index (χ4v) is 4.96. The summed E-state index contributed by atoms with van der Waals surface area (Å²) in [7, 11) is -3.53. The molecule has 114 valence electrons. The van der Waals surface area contributed by atoms with Gasteiger partial charge in [0.1, 0.15) is 20.8 Å². The van der Waals surface area contributed by atoms with Crippen LogP contribution in [0.1, 0.15) is 18.2 Å². The van der Waals surface area contributed by atoms with Crippen molar-refractivity contribution in [3.63, 3.8) is 0 Å². The molecule has 3 N–H and O–H groups in total. The molecule has 0 aromatic carbocycles. The number of nitrogen functional groups attached to an aromatic ring is 1. The highest BCUT2D eigenvalue weighted by Crippen LogP contribution is 2.42. The first-order valence-corrected chi connectivity index (χ1v) is 8.99. The quantitative estimate of drug-likeness (QED) is 0.825. The lowest BCUT2D eigenvalue weighted by atomic mass is 10.3. The first-order chi connectivity index (χ1) is 9.74. The van der Waals surface area contributed by atoms with Crippen LogP contribution >= 0.6 is 11.3 Å². The number of anilines is 2. The molecule has 7 nitrogen and oxygen atoms in total. The number of rotatable bonds is 3. The van der Waals surface area contributed by atoms with Crippen molar-refractivity contribution in [3.8, 4) is 6.07 Å². The number of hydrogen-bond acceptors (Lipinski definition) is 7. The van der Waals surface area contributed by atoms with Gasteiger partial charge >= 0.3 is 0 Å². The van der Waals surface area contributed by atoms with Crippen molar-refractivity contribution in [1.82, 2.24) is 5.32 Å². The van der Waals surface area contributed by atoms with E-state index in [2.05, 4.69) is 5.32 Å². The summed E-state index contributed by atoms with van der Waals surface area (Å²) < 4.78 is 23.9. The van der Waals surface area contributed by atoms with Gasteiger partial charge in [0, 0.05) is 32.3 Å². The van der Waals surface area contributed by atoms with Gasteiger partial charge in [-0.25, -0.2) is 8.42 Å². The Morgan fingerprint density at radius 2 is 2.24 bits per heavy atom. The van der Waals surface area contributed by atoms with Crippen LogP contribution in [0.2, 0.25) is 0 Å². The highest BCUT2D eigenvalue weighted by molar-refractivity contribution is 7.91. The van der Waals surface area contributed by atoms with Gasteiger partial charge in [-0.3, -0.25) is 4.79 Å². The molecule has 1 unspecified atom stereocenters. The van der Waals surface area contributed by atoms with Crippen molar-refractivity contribution >= 4 is 37.8 Å². The summed E-state index contributed by atoms with van der Waals surface area (Å²) in [5, 5.41) is 12.3. The predicted octanol–water partition coefficient (Wildman–Crippen LogP) is 0.320. The summed E-state index contributed by atoms with van der Waals surface area (Å²) in [6, 6.07) is 1.90. The lowest BCUT2D eigenvalue weighted by Crippen LogP contribution is -2.35. The Morgan fingerprint density at radius 3 is 2.76 bits per heavy atom. The smallest absolute Gasteiger partial charge is 0.217 e. The first kappa shape index (κ1) is 15.6. The van der Waals surface area contributed by atoms with Crippen molar-refractivity contribution in [2.45, 2.75) is 24.3 Å².